The molecule has 0 bridgehead atoms. The third-order valence-corrected chi connectivity index (χ3v) is 3.59. The summed E-state index contributed by atoms with van der Waals surface area (Å²) in [5.41, 5.74) is 3.29. The van der Waals surface area contributed by atoms with Crippen LogP contribution in [-0.4, -0.2) is 20.9 Å². The Kier molecular flexibility index (Phi) is 2.62. The molecular formula is C16H12N4O2. The molecule has 0 fully saturated rings. The van der Waals surface area contributed by atoms with E-state index < -0.39 is 0 Å². The Labute approximate surface area is 124 Å². The molecule has 6 nitrogen and oxygen atoms in total. The van der Waals surface area contributed by atoms with Gasteiger partial charge in [0.05, 0.1) is 11.0 Å². The van der Waals surface area contributed by atoms with Gasteiger partial charge in [-0.15, -0.1) is 0 Å². The Balaban J connectivity index is 1.65. The molecule has 0 aliphatic carbocycles. The average Bonchev–Trinajstić information content (AvgIpc) is 3.10. The van der Waals surface area contributed by atoms with Crippen LogP contribution >= 0.6 is 0 Å². The van der Waals surface area contributed by atoms with Crippen LogP contribution in [0.1, 0.15) is 10.4 Å². The largest absolute Gasteiger partial charge is 0.361 e. The van der Waals surface area contributed by atoms with Crippen LogP contribution in [0.3, 0.4) is 0 Å². The van der Waals surface area contributed by atoms with Crippen LogP contribution in [0.4, 0.5) is 5.69 Å². The maximum absolute atomic E-state index is 12.3. The lowest BCUT2D eigenvalue weighted by molar-refractivity contribution is 0.102. The van der Waals surface area contributed by atoms with E-state index in [1.54, 1.807) is 24.3 Å². The smallest absolute Gasteiger partial charge is 0.323 e. The first-order valence-electron chi connectivity index (χ1n) is 6.79. The molecule has 2 aromatic carbocycles. The number of rotatable bonds is 2. The Morgan fingerprint density at radius 3 is 2.64 bits per heavy atom. The number of imidazole rings is 1. The van der Waals surface area contributed by atoms with Crippen LogP contribution in [0.15, 0.2) is 53.5 Å². The molecule has 0 radical (unpaired) electrons. The molecule has 0 unspecified atom stereocenters. The molecule has 2 aromatic heterocycles. The Hall–Kier alpha value is -3.28. The average molecular weight is 292 g/mol. The lowest BCUT2D eigenvalue weighted by Gasteiger charge is -2.05. The van der Waals surface area contributed by atoms with Crippen molar-refractivity contribution < 1.29 is 4.79 Å². The molecule has 1 amide bonds. The molecular weight excluding hydrogens is 280 g/mol. The molecule has 0 aliphatic rings. The summed E-state index contributed by atoms with van der Waals surface area (Å²) in [6.07, 6.45) is 1.84. The molecule has 4 aromatic rings. The lowest BCUT2D eigenvalue weighted by Crippen LogP contribution is -2.11. The summed E-state index contributed by atoms with van der Waals surface area (Å²) < 4.78 is 0. The molecule has 4 rings (SSSR count). The second-order valence-corrected chi connectivity index (χ2v) is 5.07. The Morgan fingerprint density at radius 1 is 0.909 bits per heavy atom. The van der Waals surface area contributed by atoms with Gasteiger partial charge in [-0.05, 0) is 42.5 Å². The number of amides is 1. The summed E-state index contributed by atoms with van der Waals surface area (Å²) in [4.78, 5) is 32.0. The zero-order valence-electron chi connectivity index (χ0n) is 11.4. The van der Waals surface area contributed by atoms with E-state index in [0.29, 0.717) is 22.3 Å². The van der Waals surface area contributed by atoms with Crippen LogP contribution in [0, 0.1) is 0 Å². The molecule has 0 saturated heterocycles. The summed E-state index contributed by atoms with van der Waals surface area (Å²) in [5, 5.41) is 3.82. The number of carbonyl (C=O) groups is 1. The summed E-state index contributed by atoms with van der Waals surface area (Å²) in [7, 11) is 0. The van der Waals surface area contributed by atoms with Crippen molar-refractivity contribution in [3.63, 3.8) is 0 Å². The number of anilines is 1. The fourth-order valence-electron chi connectivity index (χ4n) is 2.51. The van der Waals surface area contributed by atoms with Crippen LogP contribution in [0.5, 0.6) is 0 Å². The predicted molar refractivity (Wildman–Crippen MR) is 85.2 cm³/mol. The minimum Gasteiger partial charge on any atom is -0.361 e. The lowest BCUT2D eigenvalue weighted by atomic mass is 10.1. The van der Waals surface area contributed by atoms with E-state index in [0.717, 1.165) is 10.9 Å². The molecule has 22 heavy (non-hydrogen) atoms. The van der Waals surface area contributed by atoms with Crippen LogP contribution < -0.4 is 11.0 Å². The van der Waals surface area contributed by atoms with Crippen molar-refractivity contribution in [1.82, 2.24) is 15.0 Å². The summed E-state index contributed by atoms with van der Waals surface area (Å²) in [6, 6.07) is 12.6. The topological polar surface area (TPSA) is 93.5 Å². The van der Waals surface area contributed by atoms with Crippen molar-refractivity contribution in [1.29, 1.82) is 0 Å². The number of nitrogens with one attached hydrogen (secondary N) is 4. The summed E-state index contributed by atoms with van der Waals surface area (Å²) >= 11 is 0. The number of fused-ring (bicyclic) bond motifs is 2. The van der Waals surface area contributed by atoms with Gasteiger partial charge < -0.3 is 20.3 Å². The predicted octanol–water partition coefficient (Wildman–Crippen LogP) is 2.59. The minimum atomic E-state index is -0.267. The van der Waals surface area contributed by atoms with Gasteiger partial charge in [0.1, 0.15) is 0 Å². The third kappa shape index (κ3) is 2.07. The van der Waals surface area contributed by atoms with Crippen molar-refractivity contribution in [2.24, 2.45) is 0 Å². The number of hydrogen-bond donors (Lipinski definition) is 4. The molecule has 2 heterocycles. The van der Waals surface area contributed by atoms with E-state index >= 15 is 0 Å². The van der Waals surface area contributed by atoms with Crippen LogP contribution in [-0.2, 0) is 0 Å². The highest BCUT2D eigenvalue weighted by Crippen LogP contribution is 2.18. The van der Waals surface area contributed by atoms with Gasteiger partial charge in [0.15, 0.2) is 0 Å². The zero-order valence-corrected chi connectivity index (χ0v) is 11.4. The van der Waals surface area contributed by atoms with Gasteiger partial charge in [-0.3, -0.25) is 4.79 Å². The standard InChI is InChI=1S/C16H12N4O2/c21-15(10-1-3-12-9(7-10)5-6-17-12)18-11-2-4-13-14(8-11)20-16(22)19-13/h1-8,17H,(H,18,21)(H2,19,20,22). The number of carbonyl (C=O) groups excluding carboxylic acids is 1. The van der Waals surface area contributed by atoms with Crippen LogP contribution in [0.25, 0.3) is 21.9 Å². The highest BCUT2D eigenvalue weighted by Gasteiger charge is 2.08. The van der Waals surface area contributed by atoms with E-state index in [4.69, 9.17) is 0 Å². The number of hydrogen-bond acceptors (Lipinski definition) is 2. The second-order valence-electron chi connectivity index (χ2n) is 5.07. The van der Waals surface area contributed by atoms with Crippen molar-refractivity contribution in [3.8, 4) is 0 Å². The zero-order chi connectivity index (χ0) is 15.1. The molecule has 6 heteroatoms. The van der Waals surface area contributed by atoms with Gasteiger partial charge in [0.25, 0.3) is 5.91 Å². The van der Waals surface area contributed by atoms with Crippen LogP contribution in [0.2, 0.25) is 0 Å². The van der Waals surface area contributed by atoms with Gasteiger partial charge >= 0.3 is 5.69 Å². The maximum atomic E-state index is 12.3. The molecule has 0 saturated carbocycles. The SMILES string of the molecule is O=C(Nc1ccc2[nH]c(=O)[nH]c2c1)c1ccc2[nH]ccc2c1. The quantitative estimate of drug-likeness (QED) is 0.457. The fourth-order valence-corrected chi connectivity index (χ4v) is 2.51. The molecule has 0 aliphatic heterocycles. The van der Waals surface area contributed by atoms with Gasteiger partial charge in [-0.25, -0.2) is 4.79 Å². The highest BCUT2D eigenvalue weighted by molar-refractivity contribution is 6.06. The van der Waals surface area contributed by atoms with Crippen molar-refractivity contribution >= 4 is 33.5 Å². The normalized spacial score (nSPS) is 11.1. The number of aromatic amines is 3. The first-order valence-corrected chi connectivity index (χ1v) is 6.79. The molecule has 0 atom stereocenters. The van der Waals surface area contributed by atoms with Gasteiger partial charge in [-0.2, -0.15) is 0 Å². The summed E-state index contributed by atoms with van der Waals surface area (Å²) in [5.74, 6) is -0.194. The molecule has 108 valence electrons. The van der Waals surface area contributed by atoms with E-state index in [1.807, 2.05) is 24.4 Å². The highest BCUT2D eigenvalue weighted by atomic mass is 16.2. The molecule has 4 N–H and O–H groups in total. The number of aromatic nitrogens is 3. The van der Waals surface area contributed by atoms with Crippen molar-refractivity contribution in [2.45, 2.75) is 0 Å². The van der Waals surface area contributed by atoms with E-state index in [1.165, 1.54) is 0 Å². The Morgan fingerprint density at radius 2 is 1.73 bits per heavy atom. The van der Waals surface area contributed by atoms with Gasteiger partial charge in [0, 0.05) is 28.4 Å². The molecule has 0 spiro atoms. The first kappa shape index (κ1) is 12.5. The Bertz CT molecular complexity index is 1050. The third-order valence-electron chi connectivity index (χ3n) is 3.59. The van der Waals surface area contributed by atoms with E-state index in [2.05, 4.69) is 20.3 Å². The van der Waals surface area contributed by atoms with Crippen molar-refractivity contribution in [2.75, 3.05) is 5.32 Å². The number of benzene rings is 2. The minimum absolute atomic E-state index is 0.194. The van der Waals surface area contributed by atoms with E-state index in [-0.39, 0.29) is 11.6 Å². The van der Waals surface area contributed by atoms with Crippen molar-refractivity contribution in [3.05, 3.63) is 64.7 Å². The fraction of sp³-hybridized carbons (Fsp3) is 0. The summed E-state index contributed by atoms with van der Waals surface area (Å²) in [6.45, 7) is 0. The number of H-pyrrole nitrogens is 3. The monoisotopic (exact) mass is 292 g/mol. The second kappa shape index (κ2) is 4.63. The van der Waals surface area contributed by atoms with Gasteiger partial charge in [0.2, 0.25) is 0 Å². The first-order chi connectivity index (χ1) is 10.7. The maximum Gasteiger partial charge on any atom is 0.323 e. The van der Waals surface area contributed by atoms with Gasteiger partial charge in [-0.1, -0.05) is 0 Å². The van der Waals surface area contributed by atoms with E-state index in [9.17, 15) is 9.59 Å².